The van der Waals surface area contributed by atoms with Crippen molar-refractivity contribution in [3.8, 4) is 11.5 Å². The first-order chi connectivity index (χ1) is 13.3. The molecule has 3 aromatic rings. The molecule has 0 heterocycles. The minimum atomic E-state index is -3.65. The van der Waals surface area contributed by atoms with Crippen molar-refractivity contribution >= 4 is 27.6 Å². The largest absolute Gasteiger partial charge is 0.508 e. The Kier molecular flexibility index (Phi) is 5.51. The number of nitrogens with one attached hydrogen (secondary N) is 2. The van der Waals surface area contributed by atoms with E-state index in [1.54, 1.807) is 48.5 Å². The Morgan fingerprint density at radius 1 is 0.893 bits per heavy atom. The molecule has 7 nitrogen and oxygen atoms in total. The van der Waals surface area contributed by atoms with Gasteiger partial charge in [-0.15, -0.1) is 0 Å². The van der Waals surface area contributed by atoms with Gasteiger partial charge in [-0.2, -0.15) is 5.10 Å². The van der Waals surface area contributed by atoms with Crippen molar-refractivity contribution in [2.24, 2.45) is 5.10 Å². The van der Waals surface area contributed by atoms with Crippen molar-refractivity contribution in [1.82, 2.24) is 0 Å². The molecular weight excluding hydrogens is 378 g/mol. The summed E-state index contributed by atoms with van der Waals surface area (Å²) in [6.07, 6.45) is 1.41. The van der Waals surface area contributed by atoms with Gasteiger partial charge in [0.15, 0.2) is 0 Å². The van der Waals surface area contributed by atoms with Crippen LogP contribution in [0.3, 0.4) is 0 Å². The Morgan fingerprint density at radius 2 is 1.54 bits per heavy atom. The van der Waals surface area contributed by atoms with E-state index in [0.29, 0.717) is 16.9 Å². The predicted octanol–water partition coefficient (Wildman–Crippen LogP) is 3.65. The Hall–Kier alpha value is -3.52. The van der Waals surface area contributed by atoms with Gasteiger partial charge in [-0.3, -0.25) is 10.1 Å². The van der Waals surface area contributed by atoms with Crippen LogP contribution in [0.25, 0.3) is 0 Å². The molecule has 144 valence electrons. The van der Waals surface area contributed by atoms with Crippen LogP contribution in [0.5, 0.6) is 11.5 Å². The van der Waals surface area contributed by atoms with Gasteiger partial charge in [-0.1, -0.05) is 17.7 Å². The maximum Gasteiger partial charge on any atom is 0.261 e. The summed E-state index contributed by atoms with van der Waals surface area (Å²) in [6.45, 7) is 1.89. The van der Waals surface area contributed by atoms with E-state index in [2.05, 4.69) is 15.2 Å². The number of hydrogen-bond donors (Lipinski definition) is 4. The number of aromatic hydroxyl groups is 2. The lowest BCUT2D eigenvalue weighted by Crippen LogP contribution is -2.12. The van der Waals surface area contributed by atoms with E-state index in [-0.39, 0.29) is 16.4 Å². The van der Waals surface area contributed by atoms with Gasteiger partial charge in [0.05, 0.1) is 16.8 Å². The zero-order valence-electron chi connectivity index (χ0n) is 15.0. The summed E-state index contributed by atoms with van der Waals surface area (Å²) < 4.78 is 27.3. The standard InChI is InChI=1S/C20H19N3O4S/c1-14-2-10-19(11-3-14)28(26,27)23-17-7-5-16(6-8-17)22-21-13-15-4-9-18(24)12-20(15)25/h2-13,22-25H,1H3/b21-13+. The highest BCUT2D eigenvalue weighted by Crippen LogP contribution is 2.21. The second kappa shape index (κ2) is 8.01. The molecule has 0 saturated carbocycles. The van der Waals surface area contributed by atoms with Gasteiger partial charge in [0.2, 0.25) is 0 Å². The highest BCUT2D eigenvalue weighted by atomic mass is 32.2. The first-order valence-corrected chi connectivity index (χ1v) is 9.82. The van der Waals surface area contributed by atoms with Gasteiger partial charge < -0.3 is 10.2 Å². The molecule has 0 aliphatic heterocycles. The maximum absolute atomic E-state index is 12.4. The fraction of sp³-hybridized carbons (Fsp3) is 0.0500. The van der Waals surface area contributed by atoms with E-state index in [0.717, 1.165) is 5.56 Å². The zero-order chi connectivity index (χ0) is 20.1. The van der Waals surface area contributed by atoms with Crippen LogP contribution < -0.4 is 10.1 Å². The second-order valence-corrected chi connectivity index (χ2v) is 7.79. The number of nitrogens with zero attached hydrogens (tertiary/aromatic N) is 1. The minimum Gasteiger partial charge on any atom is -0.508 e. The van der Waals surface area contributed by atoms with Crippen LogP contribution in [0.2, 0.25) is 0 Å². The molecule has 28 heavy (non-hydrogen) atoms. The molecule has 4 N–H and O–H groups in total. The van der Waals surface area contributed by atoms with Crippen molar-refractivity contribution in [2.75, 3.05) is 10.1 Å². The smallest absolute Gasteiger partial charge is 0.261 e. The van der Waals surface area contributed by atoms with Crippen molar-refractivity contribution in [2.45, 2.75) is 11.8 Å². The number of hydrazone groups is 1. The van der Waals surface area contributed by atoms with Gasteiger partial charge in [0.1, 0.15) is 11.5 Å². The van der Waals surface area contributed by atoms with Gasteiger partial charge >= 0.3 is 0 Å². The Labute approximate surface area is 163 Å². The lowest BCUT2D eigenvalue weighted by Gasteiger charge is -2.09. The van der Waals surface area contributed by atoms with Gasteiger partial charge in [-0.05, 0) is 55.5 Å². The quantitative estimate of drug-likeness (QED) is 0.375. The third-order valence-electron chi connectivity index (χ3n) is 3.88. The molecule has 0 saturated heterocycles. The summed E-state index contributed by atoms with van der Waals surface area (Å²) in [6, 6.07) is 17.3. The minimum absolute atomic E-state index is 0.0358. The normalized spacial score (nSPS) is 11.5. The molecule has 8 heteroatoms. The van der Waals surface area contributed by atoms with E-state index >= 15 is 0 Å². The van der Waals surface area contributed by atoms with Crippen molar-refractivity contribution < 1.29 is 18.6 Å². The lowest BCUT2D eigenvalue weighted by atomic mass is 10.2. The number of phenols is 2. The van der Waals surface area contributed by atoms with Crippen LogP contribution in [0.4, 0.5) is 11.4 Å². The topological polar surface area (TPSA) is 111 Å². The number of rotatable bonds is 6. The molecule has 0 bridgehead atoms. The Balaban J connectivity index is 1.64. The Bertz CT molecular complexity index is 1090. The summed E-state index contributed by atoms with van der Waals surface area (Å²) >= 11 is 0. The second-order valence-electron chi connectivity index (χ2n) is 6.11. The molecule has 0 amide bonds. The summed E-state index contributed by atoms with van der Waals surface area (Å²) in [7, 11) is -3.65. The molecular formula is C20H19N3O4S. The molecule has 0 atom stereocenters. The summed E-state index contributed by atoms with van der Waals surface area (Å²) in [5, 5.41) is 23.0. The molecule has 3 rings (SSSR count). The molecule has 0 spiro atoms. The van der Waals surface area contributed by atoms with Crippen LogP contribution in [-0.2, 0) is 10.0 Å². The van der Waals surface area contributed by atoms with E-state index in [1.807, 2.05) is 6.92 Å². The third-order valence-corrected chi connectivity index (χ3v) is 5.28. The Morgan fingerprint density at radius 3 is 2.18 bits per heavy atom. The lowest BCUT2D eigenvalue weighted by molar-refractivity contribution is 0.450. The molecule has 3 aromatic carbocycles. The van der Waals surface area contributed by atoms with Crippen LogP contribution in [-0.4, -0.2) is 24.8 Å². The van der Waals surface area contributed by atoms with Crippen LogP contribution in [0.1, 0.15) is 11.1 Å². The summed E-state index contributed by atoms with van der Waals surface area (Å²) in [5.74, 6) is -0.127. The SMILES string of the molecule is Cc1ccc(S(=O)(=O)Nc2ccc(N/N=C/c3ccc(O)cc3O)cc2)cc1. The third kappa shape index (κ3) is 4.80. The number of sulfonamides is 1. The predicted molar refractivity (Wildman–Crippen MR) is 109 cm³/mol. The monoisotopic (exact) mass is 397 g/mol. The average Bonchev–Trinajstić information content (AvgIpc) is 2.65. The fourth-order valence-electron chi connectivity index (χ4n) is 2.36. The molecule has 0 aromatic heterocycles. The summed E-state index contributed by atoms with van der Waals surface area (Å²) in [5.41, 5.74) is 5.26. The number of benzene rings is 3. The average molecular weight is 397 g/mol. The van der Waals surface area contributed by atoms with E-state index < -0.39 is 10.0 Å². The van der Waals surface area contributed by atoms with Gasteiger partial charge in [0, 0.05) is 17.3 Å². The molecule has 0 radical (unpaired) electrons. The molecule has 0 unspecified atom stereocenters. The first-order valence-electron chi connectivity index (χ1n) is 8.34. The number of phenolic OH excluding ortho intramolecular Hbond substituents is 2. The first kappa shape index (κ1) is 19.2. The number of hydrogen-bond acceptors (Lipinski definition) is 6. The van der Waals surface area contributed by atoms with E-state index in [4.69, 9.17) is 0 Å². The number of anilines is 2. The molecule has 0 aliphatic carbocycles. The maximum atomic E-state index is 12.4. The molecule has 0 fully saturated rings. The highest BCUT2D eigenvalue weighted by molar-refractivity contribution is 7.92. The van der Waals surface area contributed by atoms with Crippen molar-refractivity contribution in [3.63, 3.8) is 0 Å². The van der Waals surface area contributed by atoms with Gasteiger partial charge in [0.25, 0.3) is 10.0 Å². The zero-order valence-corrected chi connectivity index (χ0v) is 15.8. The van der Waals surface area contributed by atoms with Gasteiger partial charge in [-0.25, -0.2) is 8.42 Å². The van der Waals surface area contributed by atoms with E-state index in [1.165, 1.54) is 24.4 Å². The van der Waals surface area contributed by atoms with Crippen LogP contribution in [0, 0.1) is 6.92 Å². The van der Waals surface area contributed by atoms with Crippen molar-refractivity contribution in [1.29, 1.82) is 0 Å². The molecule has 0 aliphatic rings. The highest BCUT2D eigenvalue weighted by Gasteiger charge is 2.13. The van der Waals surface area contributed by atoms with Crippen LogP contribution in [0.15, 0.2) is 76.7 Å². The van der Waals surface area contributed by atoms with Crippen molar-refractivity contribution in [3.05, 3.63) is 77.9 Å². The van der Waals surface area contributed by atoms with E-state index in [9.17, 15) is 18.6 Å². The fourth-order valence-corrected chi connectivity index (χ4v) is 3.42. The summed E-state index contributed by atoms with van der Waals surface area (Å²) in [4.78, 5) is 0.193. The van der Waals surface area contributed by atoms with Crippen LogP contribution >= 0.6 is 0 Å². The number of aryl methyl sites for hydroxylation is 1.